The summed E-state index contributed by atoms with van der Waals surface area (Å²) < 4.78 is 26.1. The molecule has 0 spiro atoms. The predicted octanol–water partition coefficient (Wildman–Crippen LogP) is 3.43. The summed E-state index contributed by atoms with van der Waals surface area (Å²) in [7, 11) is 0. The zero-order chi connectivity index (χ0) is 12.1. The van der Waals surface area contributed by atoms with Gasteiger partial charge >= 0.3 is 0 Å². The predicted molar refractivity (Wildman–Crippen MR) is 59.1 cm³/mol. The van der Waals surface area contributed by atoms with Gasteiger partial charge in [0.2, 0.25) is 0 Å². The topological polar surface area (TPSA) is 17.1 Å². The smallest absolute Gasteiger partial charge is 0.162 e. The summed E-state index contributed by atoms with van der Waals surface area (Å²) >= 11 is 0. The van der Waals surface area contributed by atoms with Crippen molar-refractivity contribution in [3.63, 3.8) is 0 Å². The van der Waals surface area contributed by atoms with Crippen LogP contribution in [0.2, 0.25) is 0 Å². The van der Waals surface area contributed by atoms with E-state index in [-0.39, 0.29) is 17.8 Å². The van der Waals surface area contributed by atoms with Crippen LogP contribution in [0.3, 0.4) is 0 Å². The van der Waals surface area contributed by atoms with Crippen LogP contribution < -0.4 is 0 Å². The van der Waals surface area contributed by atoms with Crippen molar-refractivity contribution in [3.05, 3.63) is 47.5 Å². The molecule has 86 valence electrons. The maximum Gasteiger partial charge on any atom is 0.162 e. The van der Waals surface area contributed by atoms with Crippen LogP contribution >= 0.6 is 0 Å². The standard InChI is InChI=1S/C13H14F2O/c1-9(2)6-7-11(16)8-10-4-3-5-12(14)13(10)15/h3-5H,1,6-8H2,2H3. The summed E-state index contributed by atoms with van der Waals surface area (Å²) in [6, 6.07) is 3.87. The second-order valence-electron chi connectivity index (χ2n) is 3.89. The van der Waals surface area contributed by atoms with E-state index in [0.29, 0.717) is 12.8 Å². The number of hydrogen-bond donors (Lipinski definition) is 0. The number of ketones is 1. The van der Waals surface area contributed by atoms with E-state index in [1.165, 1.54) is 12.1 Å². The maximum absolute atomic E-state index is 13.2. The van der Waals surface area contributed by atoms with E-state index in [2.05, 4.69) is 6.58 Å². The highest BCUT2D eigenvalue weighted by Crippen LogP contribution is 2.13. The van der Waals surface area contributed by atoms with Crippen LogP contribution in [0.4, 0.5) is 8.78 Å². The lowest BCUT2D eigenvalue weighted by Crippen LogP contribution is -2.05. The lowest BCUT2D eigenvalue weighted by atomic mass is 10.0. The Bertz CT molecular complexity index is 410. The van der Waals surface area contributed by atoms with Crippen molar-refractivity contribution in [2.75, 3.05) is 0 Å². The molecule has 0 aliphatic heterocycles. The van der Waals surface area contributed by atoms with Crippen molar-refractivity contribution in [1.29, 1.82) is 0 Å². The molecule has 0 unspecified atom stereocenters. The molecule has 0 radical (unpaired) electrons. The third-order valence-corrected chi connectivity index (χ3v) is 2.25. The van der Waals surface area contributed by atoms with E-state index in [4.69, 9.17) is 0 Å². The zero-order valence-corrected chi connectivity index (χ0v) is 9.22. The Labute approximate surface area is 93.8 Å². The summed E-state index contributed by atoms with van der Waals surface area (Å²) in [6.45, 7) is 5.51. The monoisotopic (exact) mass is 224 g/mol. The van der Waals surface area contributed by atoms with E-state index in [1.807, 2.05) is 6.92 Å². The summed E-state index contributed by atoms with van der Waals surface area (Å²) in [6.07, 6.45) is 0.859. The highest BCUT2D eigenvalue weighted by Gasteiger charge is 2.11. The summed E-state index contributed by atoms with van der Waals surface area (Å²) in [5.41, 5.74) is 1.03. The van der Waals surface area contributed by atoms with Gasteiger partial charge in [0.15, 0.2) is 11.6 Å². The van der Waals surface area contributed by atoms with Gasteiger partial charge < -0.3 is 0 Å². The highest BCUT2D eigenvalue weighted by atomic mass is 19.2. The molecule has 0 aromatic heterocycles. The molecule has 1 aromatic carbocycles. The molecule has 1 nitrogen and oxygen atoms in total. The summed E-state index contributed by atoms with van der Waals surface area (Å²) in [5, 5.41) is 0. The normalized spacial score (nSPS) is 10.2. The number of rotatable bonds is 5. The van der Waals surface area contributed by atoms with Crippen LogP contribution in [0.1, 0.15) is 25.3 Å². The van der Waals surface area contributed by atoms with Crippen LogP contribution in [-0.2, 0) is 11.2 Å². The van der Waals surface area contributed by atoms with Gasteiger partial charge in [0.25, 0.3) is 0 Å². The lowest BCUT2D eigenvalue weighted by molar-refractivity contribution is -0.118. The quantitative estimate of drug-likeness (QED) is 0.700. The van der Waals surface area contributed by atoms with Crippen LogP contribution in [-0.4, -0.2) is 5.78 Å². The molecule has 1 rings (SSSR count). The number of benzene rings is 1. The van der Waals surface area contributed by atoms with Crippen molar-refractivity contribution < 1.29 is 13.6 Å². The highest BCUT2D eigenvalue weighted by molar-refractivity contribution is 5.81. The summed E-state index contributed by atoms with van der Waals surface area (Å²) in [5.74, 6) is -1.94. The van der Waals surface area contributed by atoms with Gasteiger partial charge in [-0.2, -0.15) is 0 Å². The number of hydrogen-bond acceptors (Lipinski definition) is 1. The molecule has 0 heterocycles. The zero-order valence-electron chi connectivity index (χ0n) is 9.22. The first-order valence-electron chi connectivity index (χ1n) is 5.09. The van der Waals surface area contributed by atoms with Crippen molar-refractivity contribution in [2.45, 2.75) is 26.2 Å². The van der Waals surface area contributed by atoms with E-state index in [0.717, 1.165) is 11.6 Å². The maximum atomic E-state index is 13.2. The van der Waals surface area contributed by atoms with Crippen LogP contribution in [0.5, 0.6) is 0 Å². The Balaban J connectivity index is 2.63. The SMILES string of the molecule is C=C(C)CCC(=O)Cc1cccc(F)c1F. The largest absolute Gasteiger partial charge is 0.299 e. The van der Waals surface area contributed by atoms with Gasteiger partial charge in [-0.15, -0.1) is 6.58 Å². The molecule has 0 aliphatic carbocycles. The lowest BCUT2D eigenvalue weighted by Gasteiger charge is -2.03. The molecule has 0 N–H and O–H groups in total. The number of Topliss-reactive ketones (excluding diaryl/α,β-unsaturated/α-hetero) is 1. The van der Waals surface area contributed by atoms with Crippen LogP contribution in [0.15, 0.2) is 30.4 Å². The molecule has 0 fully saturated rings. The van der Waals surface area contributed by atoms with Crippen molar-refractivity contribution >= 4 is 5.78 Å². The Morgan fingerprint density at radius 1 is 1.31 bits per heavy atom. The van der Waals surface area contributed by atoms with Gasteiger partial charge in [-0.25, -0.2) is 8.78 Å². The van der Waals surface area contributed by atoms with Gasteiger partial charge in [0, 0.05) is 12.8 Å². The van der Waals surface area contributed by atoms with Crippen molar-refractivity contribution in [2.24, 2.45) is 0 Å². The number of halogens is 2. The minimum absolute atomic E-state index is 0.0587. The fraction of sp³-hybridized carbons (Fsp3) is 0.308. The first-order chi connectivity index (χ1) is 7.50. The molecule has 0 saturated carbocycles. The molecule has 1 aromatic rings. The first kappa shape index (κ1) is 12.6. The molecule has 16 heavy (non-hydrogen) atoms. The average Bonchev–Trinajstić information content (AvgIpc) is 2.22. The summed E-state index contributed by atoms with van der Waals surface area (Å²) in [4.78, 5) is 11.5. The van der Waals surface area contributed by atoms with E-state index in [1.54, 1.807) is 0 Å². The minimum Gasteiger partial charge on any atom is -0.299 e. The molecule has 0 atom stereocenters. The molecule has 3 heteroatoms. The van der Waals surface area contributed by atoms with Crippen LogP contribution in [0.25, 0.3) is 0 Å². The van der Waals surface area contributed by atoms with E-state index >= 15 is 0 Å². The third-order valence-electron chi connectivity index (χ3n) is 2.25. The minimum atomic E-state index is -0.925. The molecule has 0 aliphatic rings. The van der Waals surface area contributed by atoms with Gasteiger partial charge in [0.1, 0.15) is 5.78 Å². The Hall–Kier alpha value is -1.51. The van der Waals surface area contributed by atoms with E-state index < -0.39 is 11.6 Å². The molecular weight excluding hydrogens is 210 g/mol. The fourth-order valence-electron chi connectivity index (χ4n) is 1.34. The van der Waals surface area contributed by atoms with Gasteiger partial charge in [-0.1, -0.05) is 17.7 Å². The molecule has 0 saturated heterocycles. The van der Waals surface area contributed by atoms with Crippen LogP contribution in [0, 0.1) is 11.6 Å². The number of carbonyl (C=O) groups excluding carboxylic acids is 1. The van der Waals surface area contributed by atoms with Gasteiger partial charge in [0.05, 0.1) is 0 Å². The van der Waals surface area contributed by atoms with Gasteiger partial charge in [-0.3, -0.25) is 4.79 Å². The average molecular weight is 224 g/mol. The molecular formula is C13H14F2O. The number of carbonyl (C=O) groups is 1. The fourth-order valence-corrected chi connectivity index (χ4v) is 1.34. The second kappa shape index (κ2) is 5.54. The molecule has 0 bridgehead atoms. The second-order valence-corrected chi connectivity index (χ2v) is 3.89. The van der Waals surface area contributed by atoms with Crippen molar-refractivity contribution in [1.82, 2.24) is 0 Å². The van der Waals surface area contributed by atoms with Gasteiger partial charge in [-0.05, 0) is 25.0 Å². The Morgan fingerprint density at radius 3 is 2.62 bits per heavy atom. The molecule has 0 amide bonds. The Morgan fingerprint density at radius 2 is 2.00 bits per heavy atom. The van der Waals surface area contributed by atoms with Crippen molar-refractivity contribution in [3.8, 4) is 0 Å². The first-order valence-corrected chi connectivity index (χ1v) is 5.09. The Kier molecular flexibility index (Phi) is 4.35. The third kappa shape index (κ3) is 3.57. The number of allylic oxidation sites excluding steroid dienone is 1. The van der Waals surface area contributed by atoms with E-state index in [9.17, 15) is 13.6 Å².